The highest BCUT2D eigenvalue weighted by Crippen LogP contribution is 2.28. The summed E-state index contributed by atoms with van der Waals surface area (Å²) in [5.41, 5.74) is 5.90. The second-order valence-corrected chi connectivity index (χ2v) is 3.15. The first-order valence-electron chi connectivity index (χ1n) is 3.65. The first kappa shape index (κ1) is 6.81. The maximum Gasteiger partial charge on any atom is 0.00115 e. The van der Waals surface area contributed by atoms with Crippen LogP contribution < -0.4 is 5.73 Å². The Morgan fingerprint density at radius 2 is 2.44 bits per heavy atom. The van der Waals surface area contributed by atoms with Crippen LogP contribution in [0.15, 0.2) is 12.2 Å². The average Bonchev–Trinajstić information content (AvgIpc) is 1.90. The van der Waals surface area contributed by atoms with Crippen LogP contribution in [0, 0.1) is 5.41 Å². The molecule has 0 bridgehead atoms. The smallest absolute Gasteiger partial charge is 0.00115 e. The fourth-order valence-corrected chi connectivity index (χ4v) is 1.25. The van der Waals surface area contributed by atoms with Crippen LogP contribution in [0.5, 0.6) is 0 Å². The lowest BCUT2D eigenvalue weighted by atomic mass is 9.81. The van der Waals surface area contributed by atoms with Crippen molar-refractivity contribution in [2.45, 2.75) is 26.2 Å². The molecule has 1 unspecified atom stereocenters. The van der Waals surface area contributed by atoms with E-state index < -0.39 is 0 Å². The second kappa shape index (κ2) is 2.53. The van der Waals surface area contributed by atoms with Gasteiger partial charge in [-0.2, -0.15) is 0 Å². The highest BCUT2D eigenvalue weighted by Gasteiger charge is 2.19. The van der Waals surface area contributed by atoms with Gasteiger partial charge in [-0.15, -0.1) is 0 Å². The van der Waals surface area contributed by atoms with Crippen molar-refractivity contribution in [1.29, 1.82) is 0 Å². The van der Waals surface area contributed by atoms with Gasteiger partial charge < -0.3 is 5.73 Å². The first-order chi connectivity index (χ1) is 4.27. The van der Waals surface area contributed by atoms with Crippen molar-refractivity contribution in [1.82, 2.24) is 0 Å². The predicted molar refractivity (Wildman–Crippen MR) is 40.2 cm³/mol. The molecular formula is C8H15N. The zero-order chi connectivity index (χ0) is 6.74. The summed E-state index contributed by atoms with van der Waals surface area (Å²) in [6.45, 7) is 3.02. The Labute approximate surface area is 56.9 Å². The third-order valence-corrected chi connectivity index (χ3v) is 2.11. The second-order valence-electron chi connectivity index (χ2n) is 3.15. The third-order valence-electron chi connectivity index (χ3n) is 2.11. The Kier molecular flexibility index (Phi) is 1.91. The van der Waals surface area contributed by atoms with Crippen LogP contribution in [-0.2, 0) is 0 Å². The van der Waals surface area contributed by atoms with Crippen LogP contribution in [-0.4, -0.2) is 6.54 Å². The van der Waals surface area contributed by atoms with E-state index in [1.807, 2.05) is 0 Å². The molecule has 52 valence electrons. The Morgan fingerprint density at radius 3 is 2.78 bits per heavy atom. The monoisotopic (exact) mass is 125 g/mol. The van der Waals surface area contributed by atoms with Crippen LogP contribution in [0.2, 0.25) is 0 Å². The number of rotatable bonds is 1. The van der Waals surface area contributed by atoms with Crippen LogP contribution in [0.4, 0.5) is 0 Å². The van der Waals surface area contributed by atoms with E-state index in [1.54, 1.807) is 0 Å². The topological polar surface area (TPSA) is 26.0 Å². The molecule has 1 heteroatoms. The minimum Gasteiger partial charge on any atom is -0.330 e. The van der Waals surface area contributed by atoms with Crippen molar-refractivity contribution in [3.63, 3.8) is 0 Å². The molecule has 1 nitrogen and oxygen atoms in total. The van der Waals surface area contributed by atoms with E-state index in [4.69, 9.17) is 5.73 Å². The van der Waals surface area contributed by atoms with Crippen molar-refractivity contribution in [2.75, 3.05) is 6.54 Å². The molecule has 1 atom stereocenters. The van der Waals surface area contributed by atoms with Gasteiger partial charge in [-0.3, -0.25) is 0 Å². The molecule has 0 aromatic rings. The van der Waals surface area contributed by atoms with Gasteiger partial charge in [0.05, 0.1) is 0 Å². The van der Waals surface area contributed by atoms with Gasteiger partial charge in [-0.25, -0.2) is 0 Å². The number of hydrogen-bond donors (Lipinski definition) is 1. The highest BCUT2D eigenvalue weighted by atomic mass is 14.6. The number of nitrogens with two attached hydrogens (primary N) is 1. The molecule has 0 aromatic carbocycles. The largest absolute Gasteiger partial charge is 0.330 e. The van der Waals surface area contributed by atoms with E-state index >= 15 is 0 Å². The van der Waals surface area contributed by atoms with Crippen molar-refractivity contribution in [2.24, 2.45) is 11.1 Å². The fraction of sp³-hybridized carbons (Fsp3) is 0.750. The molecule has 0 radical (unpaired) electrons. The summed E-state index contributed by atoms with van der Waals surface area (Å²) < 4.78 is 0. The fourth-order valence-electron chi connectivity index (χ4n) is 1.25. The molecule has 0 fully saturated rings. The number of allylic oxidation sites excluding steroid dienone is 1. The molecule has 1 aliphatic rings. The van der Waals surface area contributed by atoms with Gasteiger partial charge in [0.15, 0.2) is 0 Å². The van der Waals surface area contributed by atoms with Crippen molar-refractivity contribution >= 4 is 0 Å². The SMILES string of the molecule is CC1(CN)C=CCCC1. The summed E-state index contributed by atoms with van der Waals surface area (Å²) in [7, 11) is 0. The van der Waals surface area contributed by atoms with Crippen LogP contribution in [0.1, 0.15) is 26.2 Å². The van der Waals surface area contributed by atoms with Gasteiger partial charge >= 0.3 is 0 Å². The van der Waals surface area contributed by atoms with Crippen LogP contribution >= 0.6 is 0 Å². The number of hydrogen-bond acceptors (Lipinski definition) is 1. The van der Waals surface area contributed by atoms with Gasteiger partial charge in [-0.05, 0) is 24.7 Å². The van der Waals surface area contributed by atoms with Crippen molar-refractivity contribution < 1.29 is 0 Å². The zero-order valence-corrected chi connectivity index (χ0v) is 6.06. The molecule has 0 heterocycles. The summed E-state index contributed by atoms with van der Waals surface area (Å²) in [6, 6.07) is 0. The molecule has 0 saturated heterocycles. The van der Waals surface area contributed by atoms with E-state index in [9.17, 15) is 0 Å². The summed E-state index contributed by atoms with van der Waals surface area (Å²) in [4.78, 5) is 0. The van der Waals surface area contributed by atoms with Gasteiger partial charge in [0.25, 0.3) is 0 Å². The van der Waals surface area contributed by atoms with Gasteiger partial charge in [0, 0.05) is 6.54 Å². The van der Waals surface area contributed by atoms with E-state index in [1.165, 1.54) is 19.3 Å². The lowest BCUT2D eigenvalue weighted by Crippen LogP contribution is -2.26. The molecule has 9 heavy (non-hydrogen) atoms. The lowest BCUT2D eigenvalue weighted by Gasteiger charge is -2.26. The lowest BCUT2D eigenvalue weighted by molar-refractivity contribution is 0.376. The molecule has 1 rings (SSSR count). The minimum atomic E-state index is 0.318. The van der Waals surface area contributed by atoms with Crippen molar-refractivity contribution in [3.05, 3.63) is 12.2 Å². The third kappa shape index (κ3) is 1.55. The Morgan fingerprint density at radius 1 is 1.67 bits per heavy atom. The molecule has 0 aliphatic heterocycles. The normalized spacial score (nSPS) is 34.9. The Hall–Kier alpha value is -0.300. The van der Waals surface area contributed by atoms with Gasteiger partial charge in [-0.1, -0.05) is 19.1 Å². The van der Waals surface area contributed by atoms with Crippen molar-refractivity contribution in [3.8, 4) is 0 Å². The molecule has 0 aromatic heterocycles. The van der Waals surface area contributed by atoms with E-state index in [-0.39, 0.29) is 0 Å². The summed E-state index contributed by atoms with van der Waals surface area (Å²) in [5, 5.41) is 0. The quantitative estimate of drug-likeness (QED) is 0.530. The molecule has 1 aliphatic carbocycles. The van der Waals surface area contributed by atoms with E-state index in [2.05, 4.69) is 19.1 Å². The average molecular weight is 125 g/mol. The summed E-state index contributed by atoms with van der Waals surface area (Å²) >= 11 is 0. The maximum atomic E-state index is 5.59. The van der Waals surface area contributed by atoms with Gasteiger partial charge in [0.2, 0.25) is 0 Å². The van der Waals surface area contributed by atoms with E-state index in [0.717, 1.165) is 6.54 Å². The van der Waals surface area contributed by atoms with E-state index in [0.29, 0.717) is 5.41 Å². The Bertz CT molecular complexity index is 118. The minimum absolute atomic E-state index is 0.318. The predicted octanol–water partition coefficient (Wildman–Crippen LogP) is 1.69. The van der Waals surface area contributed by atoms with Gasteiger partial charge in [0.1, 0.15) is 0 Å². The van der Waals surface area contributed by atoms with Crippen LogP contribution in [0.25, 0.3) is 0 Å². The molecule has 2 N–H and O–H groups in total. The molecule has 0 spiro atoms. The van der Waals surface area contributed by atoms with Crippen LogP contribution in [0.3, 0.4) is 0 Å². The Balaban J connectivity index is 2.56. The first-order valence-corrected chi connectivity index (χ1v) is 3.65. The molecular weight excluding hydrogens is 110 g/mol. The highest BCUT2D eigenvalue weighted by molar-refractivity contribution is 5.01. The standard InChI is InChI=1S/C8H15N/c1-8(7-9)5-3-2-4-6-8/h3,5H,2,4,6-7,9H2,1H3. The zero-order valence-electron chi connectivity index (χ0n) is 6.06. The summed E-state index contributed by atoms with van der Waals surface area (Å²) in [5.74, 6) is 0. The maximum absolute atomic E-state index is 5.59. The summed E-state index contributed by atoms with van der Waals surface area (Å²) in [6.07, 6.45) is 8.33. The molecule has 0 saturated carbocycles. The molecule has 0 amide bonds.